The van der Waals surface area contributed by atoms with Crippen LogP contribution in [0.1, 0.15) is 33.6 Å². The van der Waals surface area contributed by atoms with Crippen LogP contribution < -0.4 is 0 Å². The predicted molar refractivity (Wildman–Crippen MR) is 36.8 cm³/mol. The van der Waals surface area contributed by atoms with Gasteiger partial charge in [0.1, 0.15) is 0 Å². The first-order chi connectivity index (χ1) is 3.70. The van der Waals surface area contributed by atoms with Crippen LogP contribution in [0.4, 0.5) is 0 Å². The van der Waals surface area contributed by atoms with E-state index in [1.807, 2.05) is 0 Å². The monoisotopic (exact) mass is 110 g/mol. The summed E-state index contributed by atoms with van der Waals surface area (Å²) >= 11 is 0. The fraction of sp³-hybridized carbons (Fsp3) is 0.750. The van der Waals surface area contributed by atoms with E-state index in [4.69, 9.17) is 0 Å². The van der Waals surface area contributed by atoms with Gasteiger partial charge in [-0.05, 0) is 32.6 Å². The van der Waals surface area contributed by atoms with Crippen LogP contribution in [0.5, 0.6) is 0 Å². The van der Waals surface area contributed by atoms with E-state index in [1.54, 1.807) is 11.1 Å². The normalized spacial score (nSPS) is 27.4. The summed E-state index contributed by atoms with van der Waals surface area (Å²) in [6, 6.07) is 0. The summed E-state index contributed by atoms with van der Waals surface area (Å²) in [4.78, 5) is 0. The van der Waals surface area contributed by atoms with Gasteiger partial charge in [0.15, 0.2) is 0 Å². The minimum absolute atomic E-state index is 0.972. The highest BCUT2D eigenvalue weighted by Crippen LogP contribution is 2.34. The van der Waals surface area contributed by atoms with Crippen LogP contribution in [0.15, 0.2) is 11.1 Å². The van der Waals surface area contributed by atoms with Crippen LogP contribution in [-0.2, 0) is 0 Å². The fourth-order valence-corrected chi connectivity index (χ4v) is 1.19. The van der Waals surface area contributed by atoms with Crippen LogP contribution >= 0.6 is 0 Å². The molecule has 8 heavy (non-hydrogen) atoms. The van der Waals surface area contributed by atoms with Crippen molar-refractivity contribution < 1.29 is 0 Å². The third kappa shape index (κ3) is 0.936. The standard InChI is InChI=1S/C8H14/c1-6(2)8-4-7(3)5-8/h7H,4-5H2,1-3H3. The van der Waals surface area contributed by atoms with Gasteiger partial charge in [-0.3, -0.25) is 0 Å². The van der Waals surface area contributed by atoms with Gasteiger partial charge in [-0.2, -0.15) is 0 Å². The van der Waals surface area contributed by atoms with Crippen LogP contribution in [0, 0.1) is 5.92 Å². The molecule has 0 bridgehead atoms. The maximum atomic E-state index is 2.31. The maximum absolute atomic E-state index is 2.31. The largest absolute Gasteiger partial charge is 0.0772 e. The van der Waals surface area contributed by atoms with Crippen molar-refractivity contribution in [2.75, 3.05) is 0 Å². The Bertz CT molecular complexity index is 108. The molecule has 1 fully saturated rings. The molecular formula is C8H14. The lowest BCUT2D eigenvalue weighted by Gasteiger charge is -2.26. The molecule has 0 amide bonds. The van der Waals surface area contributed by atoms with Gasteiger partial charge in [0, 0.05) is 0 Å². The first kappa shape index (κ1) is 5.87. The van der Waals surface area contributed by atoms with Crippen LogP contribution in [0.25, 0.3) is 0 Å². The SMILES string of the molecule is CC(C)=C1CC(C)C1. The Morgan fingerprint density at radius 2 is 1.88 bits per heavy atom. The quantitative estimate of drug-likeness (QED) is 0.420. The molecule has 0 aromatic heterocycles. The molecule has 1 aliphatic carbocycles. The van der Waals surface area contributed by atoms with Crippen molar-refractivity contribution in [3.63, 3.8) is 0 Å². The van der Waals surface area contributed by atoms with Gasteiger partial charge < -0.3 is 0 Å². The van der Waals surface area contributed by atoms with Gasteiger partial charge in [-0.15, -0.1) is 0 Å². The smallest absolute Gasteiger partial charge is 0.0289 e. The molecule has 0 spiro atoms. The van der Waals surface area contributed by atoms with Crippen molar-refractivity contribution in [2.45, 2.75) is 33.6 Å². The summed E-state index contributed by atoms with van der Waals surface area (Å²) in [6.45, 7) is 6.73. The zero-order valence-corrected chi connectivity index (χ0v) is 5.99. The highest BCUT2D eigenvalue weighted by molar-refractivity contribution is 5.17. The van der Waals surface area contributed by atoms with E-state index in [2.05, 4.69) is 20.8 Å². The van der Waals surface area contributed by atoms with Crippen molar-refractivity contribution in [3.05, 3.63) is 11.1 Å². The lowest BCUT2D eigenvalue weighted by atomic mass is 9.79. The number of allylic oxidation sites excluding steroid dienone is 2. The maximum Gasteiger partial charge on any atom is -0.0289 e. The molecular weight excluding hydrogens is 96.1 g/mol. The van der Waals surface area contributed by atoms with Crippen molar-refractivity contribution in [1.29, 1.82) is 0 Å². The van der Waals surface area contributed by atoms with Gasteiger partial charge in [-0.1, -0.05) is 18.1 Å². The Balaban J connectivity index is 2.45. The number of rotatable bonds is 0. The third-order valence-electron chi connectivity index (χ3n) is 1.90. The van der Waals surface area contributed by atoms with Gasteiger partial charge >= 0.3 is 0 Å². The van der Waals surface area contributed by atoms with E-state index in [-0.39, 0.29) is 0 Å². The second-order valence-corrected chi connectivity index (χ2v) is 3.12. The summed E-state index contributed by atoms with van der Waals surface area (Å²) in [7, 11) is 0. The molecule has 0 nitrogen and oxygen atoms in total. The zero-order valence-electron chi connectivity index (χ0n) is 5.99. The number of hydrogen-bond donors (Lipinski definition) is 0. The lowest BCUT2D eigenvalue weighted by Crippen LogP contribution is -2.11. The van der Waals surface area contributed by atoms with Crippen molar-refractivity contribution >= 4 is 0 Å². The fourth-order valence-electron chi connectivity index (χ4n) is 1.19. The molecule has 0 radical (unpaired) electrons. The van der Waals surface area contributed by atoms with Gasteiger partial charge in [0.25, 0.3) is 0 Å². The molecule has 1 aliphatic rings. The van der Waals surface area contributed by atoms with Gasteiger partial charge in [-0.25, -0.2) is 0 Å². The predicted octanol–water partition coefficient (Wildman–Crippen LogP) is 2.75. The summed E-state index contributed by atoms with van der Waals surface area (Å²) in [6.07, 6.45) is 2.73. The molecule has 0 aliphatic heterocycles. The van der Waals surface area contributed by atoms with Gasteiger partial charge in [0.2, 0.25) is 0 Å². The van der Waals surface area contributed by atoms with E-state index >= 15 is 0 Å². The van der Waals surface area contributed by atoms with Crippen LogP contribution in [0.2, 0.25) is 0 Å². The molecule has 0 unspecified atom stereocenters. The van der Waals surface area contributed by atoms with Crippen molar-refractivity contribution in [3.8, 4) is 0 Å². The van der Waals surface area contributed by atoms with Crippen molar-refractivity contribution in [1.82, 2.24) is 0 Å². The molecule has 0 saturated heterocycles. The molecule has 0 atom stereocenters. The zero-order chi connectivity index (χ0) is 6.15. The van der Waals surface area contributed by atoms with Gasteiger partial charge in [0.05, 0.1) is 0 Å². The minimum Gasteiger partial charge on any atom is -0.0772 e. The summed E-state index contributed by atoms with van der Waals surface area (Å²) in [5.74, 6) is 0.972. The Morgan fingerprint density at radius 3 is 2.00 bits per heavy atom. The molecule has 1 saturated carbocycles. The number of hydrogen-bond acceptors (Lipinski definition) is 0. The summed E-state index contributed by atoms with van der Waals surface area (Å²) in [5.41, 5.74) is 3.24. The first-order valence-corrected chi connectivity index (χ1v) is 3.35. The molecule has 1 rings (SSSR count). The Hall–Kier alpha value is -0.260. The second-order valence-electron chi connectivity index (χ2n) is 3.12. The average molecular weight is 110 g/mol. The Labute approximate surface area is 51.6 Å². The van der Waals surface area contributed by atoms with E-state index in [0.717, 1.165) is 5.92 Å². The average Bonchev–Trinajstić information content (AvgIpc) is 1.57. The van der Waals surface area contributed by atoms with Crippen LogP contribution in [0.3, 0.4) is 0 Å². The lowest BCUT2D eigenvalue weighted by molar-refractivity contribution is 0.454. The summed E-state index contributed by atoms with van der Waals surface area (Å²) in [5, 5.41) is 0. The molecule has 0 aromatic carbocycles. The first-order valence-electron chi connectivity index (χ1n) is 3.35. The molecule has 0 aromatic rings. The highest BCUT2D eigenvalue weighted by Gasteiger charge is 2.18. The Morgan fingerprint density at radius 1 is 1.38 bits per heavy atom. The molecule has 46 valence electrons. The van der Waals surface area contributed by atoms with E-state index < -0.39 is 0 Å². The topological polar surface area (TPSA) is 0 Å². The van der Waals surface area contributed by atoms with E-state index in [9.17, 15) is 0 Å². The summed E-state index contributed by atoms with van der Waals surface area (Å²) < 4.78 is 0. The minimum atomic E-state index is 0.972. The Kier molecular flexibility index (Phi) is 1.41. The molecule has 0 heteroatoms. The van der Waals surface area contributed by atoms with Crippen LogP contribution in [-0.4, -0.2) is 0 Å². The third-order valence-corrected chi connectivity index (χ3v) is 1.90. The van der Waals surface area contributed by atoms with E-state index in [1.165, 1.54) is 12.8 Å². The molecule has 0 heterocycles. The van der Waals surface area contributed by atoms with E-state index in [0.29, 0.717) is 0 Å². The molecule has 0 N–H and O–H groups in total. The van der Waals surface area contributed by atoms with Crippen molar-refractivity contribution in [2.24, 2.45) is 5.92 Å². The highest BCUT2D eigenvalue weighted by atomic mass is 14.2. The second kappa shape index (κ2) is 1.93.